The molecule has 0 unspecified atom stereocenters. The van der Waals surface area contributed by atoms with Gasteiger partial charge in [0.15, 0.2) is 0 Å². The highest BCUT2D eigenvalue weighted by molar-refractivity contribution is 6.33. The summed E-state index contributed by atoms with van der Waals surface area (Å²) in [4.78, 5) is 16.7. The fourth-order valence-electron chi connectivity index (χ4n) is 2.32. The lowest BCUT2D eigenvalue weighted by molar-refractivity contribution is 0.0758. The second-order valence-corrected chi connectivity index (χ2v) is 5.37. The third-order valence-corrected chi connectivity index (χ3v) is 4.08. The summed E-state index contributed by atoms with van der Waals surface area (Å²) < 4.78 is 0. The van der Waals surface area contributed by atoms with Crippen LogP contribution in [0, 0.1) is 0 Å². The van der Waals surface area contributed by atoms with Crippen LogP contribution in [0.5, 0.6) is 0 Å². The third-order valence-electron chi connectivity index (χ3n) is 3.75. The van der Waals surface area contributed by atoms with Crippen molar-refractivity contribution < 1.29 is 4.79 Å². The molecular weight excluding hydrogens is 286 g/mol. The van der Waals surface area contributed by atoms with Crippen LogP contribution in [0.4, 0.5) is 5.69 Å². The second-order valence-electron chi connectivity index (χ2n) is 4.97. The molecular formula is C16H26ClN3O. The van der Waals surface area contributed by atoms with E-state index in [4.69, 9.17) is 17.3 Å². The number of amides is 1. The summed E-state index contributed by atoms with van der Waals surface area (Å²) in [6, 6.07) is 5.19. The average molecular weight is 312 g/mol. The van der Waals surface area contributed by atoms with E-state index in [1.807, 2.05) is 11.8 Å². The summed E-state index contributed by atoms with van der Waals surface area (Å²) in [5, 5.41) is 0.431. The van der Waals surface area contributed by atoms with Crippen molar-refractivity contribution >= 4 is 23.2 Å². The maximum atomic E-state index is 12.5. The zero-order valence-corrected chi connectivity index (χ0v) is 14.0. The largest absolute Gasteiger partial charge is 0.397 e. The van der Waals surface area contributed by atoms with Crippen molar-refractivity contribution in [2.24, 2.45) is 0 Å². The number of halogens is 1. The van der Waals surface area contributed by atoms with Crippen LogP contribution in [0.1, 0.15) is 37.6 Å². The Balaban J connectivity index is 2.67. The fraction of sp³-hybridized carbons (Fsp3) is 0.562. The van der Waals surface area contributed by atoms with Crippen LogP contribution in [0.3, 0.4) is 0 Å². The molecule has 0 aromatic heterocycles. The quantitative estimate of drug-likeness (QED) is 0.750. The molecule has 0 heterocycles. The van der Waals surface area contributed by atoms with Crippen LogP contribution in [-0.4, -0.2) is 48.4 Å². The lowest BCUT2D eigenvalue weighted by Gasteiger charge is -2.24. The first-order valence-electron chi connectivity index (χ1n) is 7.60. The van der Waals surface area contributed by atoms with E-state index in [9.17, 15) is 4.79 Å². The minimum atomic E-state index is -0.0444. The van der Waals surface area contributed by atoms with Crippen molar-refractivity contribution in [2.75, 3.05) is 38.5 Å². The molecule has 21 heavy (non-hydrogen) atoms. The summed E-state index contributed by atoms with van der Waals surface area (Å²) in [5.74, 6) is -0.0444. The number of hydrogen-bond acceptors (Lipinski definition) is 3. The van der Waals surface area contributed by atoms with Gasteiger partial charge in [-0.2, -0.15) is 0 Å². The van der Waals surface area contributed by atoms with E-state index in [1.165, 1.54) is 0 Å². The molecule has 0 aliphatic heterocycles. The van der Waals surface area contributed by atoms with Gasteiger partial charge in [0.25, 0.3) is 5.91 Å². The van der Waals surface area contributed by atoms with Crippen molar-refractivity contribution in [3.05, 3.63) is 28.8 Å². The number of para-hydroxylation sites is 1. The SMILES string of the molecule is CCN(CC)CCCN(CC)C(=O)c1cccc(Cl)c1N. The van der Waals surface area contributed by atoms with E-state index >= 15 is 0 Å². The number of benzene rings is 1. The monoisotopic (exact) mass is 311 g/mol. The molecule has 2 N–H and O–H groups in total. The lowest BCUT2D eigenvalue weighted by atomic mass is 10.1. The van der Waals surface area contributed by atoms with Crippen molar-refractivity contribution in [1.29, 1.82) is 0 Å². The predicted octanol–water partition coefficient (Wildman–Crippen LogP) is 3.12. The highest BCUT2D eigenvalue weighted by Crippen LogP contribution is 2.23. The van der Waals surface area contributed by atoms with E-state index in [0.29, 0.717) is 22.8 Å². The molecule has 4 nitrogen and oxygen atoms in total. The highest BCUT2D eigenvalue weighted by Gasteiger charge is 2.17. The molecule has 118 valence electrons. The summed E-state index contributed by atoms with van der Waals surface area (Å²) in [6.45, 7) is 10.8. The second kappa shape index (κ2) is 8.90. The number of carbonyl (C=O) groups excluding carboxylic acids is 1. The van der Waals surface area contributed by atoms with Crippen molar-refractivity contribution in [1.82, 2.24) is 9.80 Å². The molecule has 0 saturated carbocycles. The first kappa shape index (κ1) is 17.8. The first-order chi connectivity index (χ1) is 10.0. The van der Waals surface area contributed by atoms with Gasteiger partial charge in [0, 0.05) is 13.1 Å². The van der Waals surface area contributed by atoms with Crippen LogP contribution < -0.4 is 5.73 Å². The van der Waals surface area contributed by atoms with Gasteiger partial charge >= 0.3 is 0 Å². The van der Waals surface area contributed by atoms with Gasteiger partial charge in [0.05, 0.1) is 16.3 Å². The third kappa shape index (κ3) is 4.90. The molecule has 1 aromatic carbocycles. The Labute approximate surface area is 132 Å². The zero-order chi connectivity index (χ0) is 15.8. The Morgan fingerprint density at radius 2 is 1.81 bits per heavy atom. The van der Waals surface area contributed by atoms with Gasteiger partial charge in [-0.25, -0.2) is 0 Å². The number of nitrogens with zero attached hydrogens (tertiary/aromatic N) is 2. The van der Waals surface area contributed by atoms with Gasteiger partial charge in [-0.1, -0.05) is 31.5 Å². The predicted molar refractivity (Wildman–Crippen MR) is 89.8 cm³/mol. The molecule has 5 heteroatoms. The number of nitrogen functional groups attached to an aromatic ring is 1. The summed E-state index contributed by atoms with van der Waals surface area (Å²) in [7, 11) is 0. The van der Waals surface area contributed by atoms with Crippen LogP contribution in [0.15, 0.2) is 18.2 Å². The molecule has 0 spiro atoms. The van der Waals surface area contributed by atoms with E-state index in [2.05, 4.69) is 18.7 Å². The topological polar surface area (TPSA) is 49.6 Å². The van der Waals surface area contributed by atoms with E-state index < -0.39 is 0 Å². The van der Waals surface area contributed by atoms with E-state index in [1.54, 1.807) is 18.2 Å². The van der Waals surface area contributed by atoms with Crippen LogP contribution in [0.25, 0.3) is 0 Å². The standard InChI is InChI=1S/C16H26ClN3O/c1-4-19(5-2)11-8-12-20(6-3)16(21)13-9-7-10-14(17)15(13)18/h7,9-10H,4-6,8,11-12,18H2,1-3H3. The number of anilines is 1. The molecule has 1 rings (SSSR count). The Morgan fingerprint density at radius 3 is 2.38 bits per heavy atom. The van der Waals surface area contributed by atoms with E-state index in [-0.39, 0.29) is 5.91 Å². The highest BCUT2D eigenvalue weighted by atomic mass is 35.5. The first-order valence-corrected chi connectivity index (χ1v) is 7.98. The van der Waals surface area contributed by atoms with Crippen molar-refractivity contribution in [3.8, 4) is 0 Å². The van der Waals surface area contributed by atoms with Gasteiger partial charge in [-0.05, 0) is 45.1 Å². The Morgan fingerprint density at radius 1 is 1.14 bits per heavy atom. The molecule has 0 fully saturated rings. The lowest BCUT2D eigenvalue weighted by Crippen LogP contribution is -2.34. The maximum Gasteiger partial charge on any atom is 0.255 e. The normalized spacial score (nSPS) is 10.9. The summed E-state index contributed by atoms with van der Waals surface area (Å²) in [6.07, 6.45) is 0.960. The van der Waals surface area contributed by atoms with Gasteiger partial charge in [-0.15, -0.1) is 0 Å². The van der Waals surface area contributed by atoms with Crippen molar-refractivity contribution in [2.45, 2.75) is 27.2 Å². The number of nitrogens with two attached hydrogens (primary N) is 1. The summed E-state index contributed by atoms with van der Waals surface area (Å²) >= 11 is 5.99. The Hall–Kier alpha value is -1.26. The summed E-state index contributed by atoms with van der Waals surface area (Å²) in [5.41, 5.74) is 6.77. The molecule has 1 amide bonds. The molecule has 0 bridgehead atoms. The Bertz CT molecular complexity index is 461. The van der Waals surface area contributed by atoms with Gasteiger partial charge in [-0.3, -0.25) is 4.79 Å². The van der Waals surface area contributed by atoms with Gasteiger partial charge < -0.3 is 15.5 Å². The zero-order valence-electron chi connectivity index (χ0n) is 13.2. The molecule has 0 atom stereocenters. The Kier molecular flexibility index (Phi) is 7.54. The van der Waals surface area contributed by atoms with Gasteiger partial charge in [0.1, 0.15) is 0 Å². The number of carbonyl (C=O) groups is 1. The molecule has 0 aliphatic rings. The average Bonchev–Trinajstić information content (AvgIpc) is 2.50. The minimum absolute atomic E-state index is 0.0444. The molecule has 0 saturated heterocycles. The number of hydrogen-bond donors (Lipinski definition) is 1. The van der Waals surface area contributed by atoms with Crippen LogP contribution >= 0.6 is 11.6 Å². The number of rotatable bonds is 8. The van der Waals surface area contributed by atoms with Crippen LogP contribution in [-0.2, 0) is 0 Å². The van der Waals surface area contributed by atoms with Crippen LogP contribution in [0.2, 0.25) is 5.02 Å². The minimum Gasteiger partial charge on any atom is -0.397 e. The van der Waals surface area contributed by atoms with E-state index in [0.717, 1.165) is 32.6 Å². The molecule has 0 aliphatic carbocycles. The molecule has 0 radical (unpaired) electrons. The fourth-order valence-corrected chi connectivity index (χ4v) is 2.50. The smallest absolute Gasteiger partial charge is 0.255 e. The molecule has 1 aromatic rings. The van der Waals surface area contributed by atoms with Gasteiger partial charge in [0.2, 0.25) is 0 Å². The van der Waals surface area contributed by atoms with Crippen molar-refractivity contribution in [3.63, 3.8) is 0 Å². The maximum absolute atomic E-state index is 12.5.